The summed E-state index contributed by atoms with van der Waals surface area (Å²) in [6, 6.07) is 0. The Kier molecular flexibility index (Phi) is 5.30. The Labute approximate surface area is 66.5 Å². The summed E-state index contributed by atoms with van der Waals surface area (Å²) in [4.78, 5) is 0. The van der Waals surface area contributed by atoms with Gasteiger partial charge < -0.3 is 15.5 Å². The first-order chi connectivity index (χ1) is 5.02. The van der Waals surface area contributed by atoms with Gasteiger partial charge in [-0.25, -0.2) is 0 Å². The lowest BCUT2D eigenvalue weighted by molar-refractivity contribution is -0.894. The normalized spacial score (nSPS) is 16.9. The summed E-state index contributed by atoms with van der Waals surface area (Å²) in [7, 11) is 4.69. The second kappa shape index (κ2) is 5.42. The summed E-state index contributed by atoms with van der Waals surface area (Å²) in [5, 5.41) is 22.6. The van der Waals surface area contributed by atoms with Crippen LogP contribution in [0.4, 0.5) is 0 Å². The van der Waals surface area contributed by atoms with Gasteiger partial charge in [-0.05, 0) is 0 Å². The van der Waals surface area contributed by atoms with E-state index < -0.39 is 0 Å². The zero-order chi connectivity index (χ0) is 8.85. The zero-order valence-corrected chi connectivity index (χ0v) is 7.18. The maximum atomic E-state index is 10.5. The minimum atomic E-state index is -0.115. The van der Waals surface area contributed by atoms with Crippen molar-refractivity contribution in [3.63, 3.8) is 0 Å². The molecule has 6 heteroatoms. The summed E-state index contributed by atoms with van der Waals surface area (Å²) < 4.78 is 0. The Morgan fingerprint density at radius 3 is 2.27 bits per heavy atom. The lowest BCUT2D eigenvalue weighted by Gasteiger charge is -2.25. The highest BCUT2D eigenvalue weighted by Crippen LogP contribution is 1.64. The van der Waals surface area contributed by atoms with E-state index >= 15 is 0 Å². The number of hydrogen-bond donors (Lipinski definition) is 3. The number of hydrogen-bond acceptors (Lipinski definition) is 4. The predicted octanol–water partition coefficient (Wildman–Crippen LogP) is -3.64. The SMILES string of the molecule is CN(CC[NH+](C)[O-])N[NH+](C)[O-]. The number of hydrazine groups is 1. The molecule has 11 heavy (non-hydrogen) atoms. The van der Waals surface area contributed by atoms with E-state index in [1.165, 1.54) is 14.1 Å². The molecular formula is C5H16N4O2. The maximum Gasteiger partial charge on any atom is 0.0911 e. The molecule has 6 nitrogen and oxygen atoms in total. The minimum Gasteiger partial charge on any atom is -0.634 e. The highest BCUT2D eigenvalue weighted by atomic mass is 16.5. The van der Waals surface area contributed by atoms with Crippen molar-refractivity contribution in [2.24, 2.45) is 0 Å². The van der Waals surface area contributed by atoms with E-state index in [1.54, 1.807) is 12.1 Å². The Hall–Kier alpha value is -0.240. The smallest absolute Gasteiger partial charge is 0.0911 e. The molecule has 0 aliphatic heterocycles. The second-order valence-corrected chi connectivity index (χ2v) is 2.54. The first-order valence-corrected chi connectivity index (χ1v) is 3.50. The van der Waals surface area contributed by atoms with Gasteiger partial charge in [0, 0.05) is 7.05 Å². The average molecular weight is 164 g/mol. The van der Waals surface area contributed by atoms with Crippen LogP contribution in [0, 0.1) is 10.4 Å². The molecule has 0 rings (SSSR count). The van der Waals surface area contributed by atoms with Crippen LogP contribution in [0.3, 0.4) is 0 Å². The van der Waals surface area contributed by atoms with Crippen molar-refractivity contribution in [2.45, 2.75) is 0 Å². The van der Waals surface area contributed by atoms with Crippen LogP contribution in [-0.2, 0) is 0 Å². The largest absolute Gasteiger partial charge is 0.634 e. The fourth-order valence-corrected chi connectivity index (χ4v) is 0.650. The Balaban J connectivity index is 3.29. The Morgan fingerprint density at radius 1 is 1.36 bits per heavy atom. The molecule has 0 bridgehead atoms. The molecule has 0 saturated heterocycles. The molecule has 0 spiro atoms. The topological polar surface area (TPSA) is 70.3 Å². The number of likely N-dealkylation sites (N-methyl/N-ethyl adjacent to an activating group) is 2. The van der Waals surface area contributed by atoms with Crippen molar-refractivity contribution in [1.82, 2.24) is 10.5 Å². The molecule has 0 aliphatic carbocycles. The van der Waals surface area contributed by atoms with Crippen LogP contribution in [0.5, 0.6) is 0 Å². The first kappa shape index (κ1) is 10.8. The molecule has 0 aromatic carbocycles. The highest BCUT2D eigenvalue weighted by molar-refractivity contribution is 4.34. The van der Waals surface area contributed by atoms with Crippen LogP contribution in [0.1, 0.15) is 0 Å². The van der Waals surface area contributed by atoms with E-state index in [2.05, 4.69) is 5.53 Å². The molecule has 3 N–H and O–H groups in total. The summed E-state index contributed by atoms with van der Waals surface area (Å²) >= 11 is 0. The number of rotatable bonds is 5. The monoisotopic (exact) mass is 164 g/mol. The lowest BCUT2D eigenvalue weighted by atomic mass is 10.6. The van der Waals surface area contributed by atoms with Crippen molar-refractivity contribution in [3.8, 4) is 0 Å². The molecule has 0 radical (unpaired) electrons. The van der Waals surface area contributed by atoms with E-state index in [-0.39, 0.29) is 10.2 Å². The minimum absolute atomic E-state index is 0.115. The van der Waals surface area contributed by atoms with Crippen molar-refractivity contribution >= 4 is 0 Å². The van der Waals surface area contributed by atoms with Gasteiger partial charge in [-0.15, -0.1) is 0 Å². The molecule has 2 unspecified atom stereocenters. The summed E-state index contributed by atoms with van der Waals surface area (Å²) in [5.74, 6) is 0. The molecule has 0 aliphatic rings. The molecule has 0 heterocycles. The maximum absolute atomic E-state index is 10.5. The fourth-order valence-electron chi connectivity index (χ4n) is 0.650. The predicted molar refractivity (Wildman–Crippen MR) is 41.1 cm³/mol. The van der Waals surface area contributed by atoms with Crippen molar-refractivity contribution in [3.05, 3.63) is 10.4 Å². The molecule has 0 aromatic rings. The molecule has 0 saturated carbocycles. The van der Waals surface area contributed by atoms with Gasteiger partial charge in [0.05, 0.1) is 27.2 Å². The van der Waals surface area contributed by atoms with Gasteiger partial charge in [-0.1, -0.05) is 5.53 Å². The number of nitrogens with zero attached hydrogens (tertiary/aromatic N) is 1. The molecule has 2 atom stereocenters. The molecule has 0 aromatic heterocycles. The quantitative estimate of drug-likeness (QED) is 0.367. The van der Waals surface area contributed by atoms with Crippen molar-refractivity contribution in [2.75, 3.05) is 34.2 Å². The van der Waals surface area contributed by atoms with Crippen LogP contribution in [0.2, 0.25) is 0 Å². The van der Waals surface area contributed by atoms with Crippen LogP contribution < -0.4 is 15.8 Å². The third kappa shape index (κ3) is 7.66. The van der Waals surface area contributed by atoms with Gasteiger partial charge in [0.25, 0.3) is 0 Å². The van der Waals surface area contributed by atoms with Crippen molar-refractivity contribution in [1.29, 1.82) is 0 Å². The molecule has 0 fully saturated rings. The van der Waals surface area contributed by atoms with Crippen molar-refractivity contribution < 1.29 is 10.2 Å². The zero-order valence-electron chi connectivity index (χ0n) is 7.18. The number of hydroxylamine groups is 3. The van der Waals surface area contributed by atoms with Gasteiger partial charge in [0.2, 0.25) is 0 Å². The van der Waals surface area contributed by atoms with E-state index in [0.29, 0.717) is 13.1 Å². The summed E-state index contributed by atoms with van der Waals surface area (Å²) in [5.41, 5.74) is 2.54. The summed E-state index contributed by atoms with van der Waals surface area (Å²) in [6.45, 7) is 1.03. The van der Waals surface area contributed by atoms with Gasteiger partial charge in [-0.2, -0.15) is 5.01 Å². The number of nitrogens with one attached hydrogen (secondary N) is 3. The third-order valence-electron chi connectivity index (χ3n) is 1.15. The number of quaternary nitrogens is 2. The fraction of sp³-hybridized carbons (Fsp3) is 1.00. The van der Waals surface area contributed by atoms with E-state index in [9.17, 15) is 10.4 Å². The van der Waals surface area contributed by atoms with Gasteiger partial charge >= 0.3 is 0 Å². The van der Waals surface area contributed by atoms with Gasteiger partial charge in [-0.3, -0.25) is 5.17 Å². The van der Waals surface area contributed by atoms with E-state index in [4.69, 9.17) is 0 Å². The van der Waals surface area contributed by atoms with E-state index in [0.717, 1.165) is 0 Å². The molecule has 0 amide bonds. The van der Waals surface area contributed by atoms with Gasteiger partial charge in [0.1, 0.15) is 0 Å². The van der Waals surface area contributed by atoms with Gasteiger partial charge in [0.15, 0.2) is 0 Å². The second-order valence-electron chi connectivity index (χ2n) is 2.54. The van der Waals surface area contributed by atoms with Crippen LogP contribution >= 0.6 is 0 Å². The molecule has 68 valence electrons. The van der Waals surface area contributed by atoms with Crippen LogP contribution in [0.25, 0.3) is 0 Å². The van der Waals surface area contributed by atoms with Crippen LogP contribution in [-0.4, -0.2) is 39.2 Å². The third-order valence-corrected chi connectivity index (χ3v) is 1.15. The molecular weight excluding hydrogens is 148 g/mol. The standard InChI is InChI=1S/C5H16N4O2/c1-7(6-9(3)11)4-5-8(2)10/h6,8-9H,4-5H2,1-3H3. The lowest BCUT2D eigenvalue weighted by Crippen LogP contribution is -3.13. The highest BCUT2D eigenvalue weighted by Gasteiger charge is 1.99. The Bertz CT molecular complexity index is 98.5. The Morgan fingerprint density at radius 2 is 1.91 bits per heavy atom. The first-order valence-electron chi connectivity index (χ1n) is 3.50. The summed E-state index contributed by atoms with van der Waals surface area (Å²) in [6.07, 6.45) is 0. The van der Waals surface area contributed by atoms with E-state index in [1.807, 2.05) is 0 Å². The van der Waals surface area contributed by atoms with Crippen LogP contribution in [0.15, 0.2) is 0 Å². The average Bonchev–Trinajstić information content (AvgIpc) is 1.82.